The van der Waals surface area contributed by atoms with Crippen LogP contribution in [0, 0.1) is 0 Å². The minimum Gasteiger partial charge on any atom is -0.392 e. The largest absolute Gasteiger partial charge is 0.392 e. The summed E-state index contributed by atoms with van der Waals surface area (Å²) >= 11 is 0. The first kappa shape index (κ1) is 10.2. The maximum absolute atomic E-state index is 9.07. The normalized spacial score (nSPS) is 15.3. The van der Waals surface area contributed by atoms with E-state index in [2.05, 4.69) is 10.3 Å². The van der Waals surface area contributed by atoms with Crippen LogP contribution >= 0.6 is 0 Å². The van der Waals surface area contributed by atoms with Crippen LogP contribution < -0.4 is 5.32 Å². The van der Waals surface area contributed by atoms with E-state index in [-0.39, 0.29) is 12.1 Å². The zero-order valence-electron chi connectivity index (χ0n) is 8.07. The molecular formula is C10H16N2O. The number of hydrogen-bond donors (Lipinski definition) is 2. The topological polar surface area (TPSA) is 45.1 Å². The monoisotopic (exact) mass is 180 g/mol. The molecule has 0 unspecified atom stereocenters. The quantitative estimate of drug-likeness (QED) is 0.729. The second kappa shape index (κ2) is 4.94. The Labute approximate surface area is 78.8 Å². The Morgan fingerprint density at radius 1 is 1.46 bits per heavy atom. The molecule has 1 heterocycles. The van der Waals surface area contributed by atoms with E-state index < -0.39 is 0 Å². The van der Waals surface area contributed by atoms with Crippen LogP contribution in [0.2, 0.25) is 0 Å². The molecule has 1 rings (SSSR count). The Kier molecular flexibility index (Phi) is 3.86. The van der Waals surface area contributed by atoms with E-state index in [0.29, 0.717) is 6.54 Å². The molecule has 2 N–H and O–H groups in total. The fourth-order valence-corrected chi connectivity index (χ4v) is 1.08. The van der Waals surface area contributed by atoms with E-state index in [9.17, 15) is 0 Å². The predicted molar refractivity (Wildman–Crippen MR) is 52.3 cm³/mol. The lowest BCUT2D eigenvalue weighted by atomic mass is 10.2. The molecule has 0 radical (unpaired) electrons. The standard InChI is InChI=1S/C10H16N2O/c1-8(13)7-12-9(2)10-5-3-4-6-11-10/h3-6,8-9,12-13H,7H2,1-2H3/t8-,9-/m0/s1. The maximum atomic E-state index is 9.07. The van der Waals surface area contributed by atoms with Gasteiger partial charge in [-0.05, 0) is 26.0 Å². The SMILES string of the molecule is C[C@H](O)CN[C@@H](C)c1ccccn1. The summed E-state index contributed by atoms with van der Waals surface area (Å²) in [6, 6.07) is 6.02. The predicted octanol–water partition coefficient (Wildman–Crippen LogP) is 1.11. The summed E-state index contributed by atoms with van der Waals surface area (Å²) in [6.07, 6.45) is 1.46. The van der Waals surface area contributed by atoms with Crippen molar-refractivity contribution in [3.63, 3.8) is 0 Å². The molecule has 0 saturated heterocycles. The van der Waals surface area contributed by atoms with Gasteiger partial charge in [-0.1, -0.05) is 6.07 Å². The Morgan fingerprint density at radius 3 is 2.77 bits per heavy atom. The Balaban J connectivity index is 2.44. The molecule has 1 aromatic rings. The van der Waals surface area contributed by atoms with Crippen LogP contribution in [-0.2, 0) is 0 Å². The third-order valence-corrected chi connectivity index (χ3v) is 1.85. The molecule has 3 nitrogen and oxygen atoms in total. The number of aliphatic hydroxyl groups is 1. The lowest BCUT2D eigenvalue weighted by Gasteiger charge is -2.14. The molecule has 72 valence electrons. The first-order valence-electron chi connectivity index (χ1n) is 4.52. The minimum absolute atomic E-state index is 0.191. The third kappa shape index (κ3) is 3.53. The van der Waals surface area contributed by atoms with Crippen LogP contribution in [-0.4, -0.2) is 22.7 Å². The molecule has 2 atom stereocenters. The summed E-state index contributed by atoms with van der Waals surface area (Å²) in [5, 5.41) is 12.3. The van der Waals surface area contributed by atoms with Crippen molar-refractivity contribution in [2.24, 2.45) is 0 Å². The van der Waals surface area contributed by atoms with Gasteiger partial charge in [0.15, 0.2) is 0 Å². The van der Waals surface area contributed by atoms with Gasteiger partial charge >= 0.3 is 0 Å². The summed E-state index contributed by atoms with van der Waals surface area (Å²) in [6.45, 7) is 4.39. The van der Waals surface area contributed by atoms with E-state index in [1.807, 2.05) is 25.1 Å². The van der Waals surface area contributed by atoms with Gasteiger partial charge in [-0.2, -0.15) is 0 Å². The second-order valence-electron chi connectivity index (χ2n) is 3.23. The zero-order valence-corrected chi connectivity index (χ0v) is 8.07. The Hall–Kier alpha value is -0.930. The highest BCUT2D eigenvalue weighted by atomic mass is 16.3. The van der Waals surface area contributed by atoms with Gasteiger partial charge in [0.2, 0.25) is 0 Å². The van der Waals surface area contributed by atoms with Gasteiger partial charge in [0, 0.05) is 18.8 Å². The second-order valence-corrected chi connectivity index (χ2v) is 3.23. The fraction of sp³-hybridized carbons (Fsp3) is 0.500. The number of nitrogens with zero attached hydrogens (tertiary/aromatic N) is 1. The number of pyridine rings is 1. The van der Waals surface area contributed by atoms with Gasteiger partial charge in [-0.25, -0.2) is 0 Å². The van der Waals surface area contributed by atoms with Crippen LogP contribution in [0.1, 0.15) is 25.6 Å². The van der Waals surface area contributed by atoms with Crippen LogP contribution in [0.5, 0.6) is 0 Å². The van der Waals surface area contributed by atoms with E-state index in [1.165, 1.54) is 0 Å². The molecule has 13 heavy (non-hydrogen) atoms. The summed E-state index contributed by atoms with van der Waals surface area (Å²) in [5.41, 5.74) is 1.00. The molecule has 0 aromatic carbocycles. The first-order chi connectivity index (χ1) is 6.20. The highest BCUT2D eigenvalue weighted by Gasteiger charge is 2.05. The first-order valence-corrected chi connectivity index (χ1v) is 4.52. The van der Waals surface area contributed by atoms with Crippen LogP contribution in [0.25, 0.3) is 0 Å². The molecule has 0 fully saturated rings. The van der Waals surface area contributed by atoms with Crippen molar-refractivity contribution in [3.05, 3.63) is 30.1 Å². The van der Waals surface area contributed by atoms with Crippen molar-refractivity contribution in [3.8, 4) is 0 Å². The molecule has 0 saturated carbocycles. The highest BCUT2D eigenvalue weighted by Crippen LogP contribution is 2.06. The average molecular weight is 180 g/mol. The van der Waals surface area contributed by atoms with Crippen LogP contribution in [0.3, 0.4) is 0 Å². The van der Waals surface area contributed by atoms with Gasteiger partial charge in [-0.15, -0.1) is 0 Å². The van der Waals surface area contributed by atoms with Crippen molar-refractivity contribution in [2.75, 3.05) is 6.54 Å². The number of aromatic nitrogens is 1. The smallest absolute Gasteiger partial charge is 0.0636 e. The van der Waals surface area contributed by atoms with Crippen molar-refractivity contribution in [2.45, 2.75) is 26.0 Å². The lowest BCUT2D eigenvalue weighted by Crippen LogP contribution is -2.27. The van der Waals surface area contributed by atoms with Crippen molar-refractivity contribution < 1.29 is 5.11 Å². The minimum atomic E-state index is -0.314. The molecular weight excluding hydrogens is 164 g/mol. The van der Waals surface area contributed by atoms with Gasteiger partial charge in [0.1, 0.15) is 0 Å². The summed E-state index contributed by atoms with van der Waals surface area (Å²) in [4.78, 5) is 4.21. The lowest BCUT2D eigenvalue weighted by molar-refractivity contribution is 0.187. The number of rotatable bonds is 4. The number of hydrogen-bond acceptors (Lipinski definition) is 3. The van der Waals surface area contributed by atoms with E-state index in [0.717, 1.165) is 5.69 Å². The number of aliphatic hydroxyl groups excluding tert-OH is 1. The summed E-state index contributed by atoms with van der Waals surface area (Å²) < 4.78 is 0. The molecule has 0 amide bonds. The summed E-state index contributed by atoms with van der Waals surface area (Å²) in [7, 11) is 0. The van der Waals surface area contributed by atoms with Gasteiger partial charge in [0.25, 0.3) is 0 Å². The molecule has 3 heteroatoms. The van der Waals surface area contributed by atoms with Gasteiger partial charge < -0.3 is 10.4 Å². The maximum Gasteiger partial charge on any atom is 0.0636 e. The van der Waals surface area contributed by atoms with Crippen molar-refractivity contribution in [1.29, 1.82) is 0 Å². The fourth-order valence-electron chi connectivity index (χ4n) is 1.08. The van der Waals surface area contributed by atoms with Crippen LogP contribution in [0.4, 0.5) is 0 Å². The van der Waals surface area contributed by atoms with Crippen LogP contribution in [0.15, 0.2) is 24.4 Å². The van der Waals surface area contributed by atoms with Crippen molar-refractivity contribution >= 4 is 0 Å². The highest BCUT2D eigenvalue weighted by molar-refractivity contribution is 5.07. The zero-order chi connectivity index (χ0) is 9.68. The molecule has 0 bridgehead atoms. The van der Waals surface area contributed by atoms with Gasteiger partial charge in [-0.3, -0.25) is 4.98 Å². The third-order valence-electron chi connectivity index (χ3n) is 1.85. The molecule has 1 aromatic heterocycles. The van der Waals surface area contributed by atoms with Crippen molar-refractivity contribution in [1.82, 2.24) is 10.3 Å². The molecule has 0 aliphatic rings. The number of nitrogens with one attached hydrogen (secondary N) is 1. The average Bonchev–Trinajstić information content (AvgIpc) is 2.15. The van der Waals surface area contributed by atoms with Gasteiger partial charge in [0.05, 0.1) is 11.8 Å². The molecule has 0 spiro atoms. The Morgan fingerprint density at radius 2 is 2.23 bits per heavy atom. The van der Waals surface area contributed by atoms with E-state index in [4.69, 9.17) is 5.11 Å². The van der Waals surface area contributed by atoms with E-state index in [1.54, 1.807) is 13.1 Å². The molecule has 0 aliphatic heterocycles. The van der Waals surface area contributed by atoms with E-state index >= 15 is 0 Å². The summed E-state index contributed by atoms with van der Waals surface area (Å²) in [5.74, 6) is 0. The molecule has 0 aliphatic carbocycles. The Bertz CT molecular complexity index is 236.